The molecule has 0 aliphatic carbocycles. The van der Waals surface area contributed by atoms with Crippen LogP contribution in [0.2, 0.25) is 0 Å². The van der Waals surface area contributed by atoms with E-state index in [2.05, 4.69) is 125 Å². The summed E-state index contributed by atoms with van der Waals surface area (Å²) in [7, 11) is 0. The average Bonchev–Trinajstić information content (AvgIpc) is 3.53. The van der Waals surface area contributed by atoms with Crippen molar-refractivity contribution in [1.29, 1.82) is 0 Å². The number of para-hydroxylation sites is 2. The van der Waals surface area contributed by atoms with Crippen LogP contribution in [0.15, 0.2) is 146 Å². The summed E-state index contributed by atoms with van der Waals surface area (Å²) in [4.78, 5) is 10.1. The van der Waals surface area contributed by atoms with E-state index in [4.69, 9.17) is 9.97 Å². The van der Waals surface area contributed by atoms with Gasteiger partial charge in [0.2, 0.25) is 0 Å². The van der Waals surface area contributed by atoms with Crippen molar-refractivity contribution in [3.05, 3.63) is 146 Å². The molecule has 0 saturated heterocycles. The number of pyridine rings is 2. The van der Waals surface area contributed by atoms with Crippen LogP contribution in [0.4, 0.5) is 0 Å². The Hall–Kier alpha value is -5.48. The third-order valence-electron chi connectivity index (χ3n) is 7.37. The maximum absolute atomic E-state index is 5.31. The summed E-state index contributed by atoms with van der Waals surface area (Å²) >= 11 is 0. The van der Waals surface area contributed by atoms with Crippen LogP contribution in [0.3, 0.4) is 0 Å². The predicted molar refractivity (Wildman–Crippen MR) is 172 cm³/mol. The van der Waals surface area contributed by atoms with Crippen molar-refractivity contribution in [2.45, 2.75) is 6.92 Å². The third kappa shape index (κ3) is 4.09. The zero-order valence-corrected chi connectivity index (χ0v) is 22.8. The van der Waals surface area contributed by atoms with Gasteiger partial charge in [0.1, 0.15) is 16.7 Å². The van der Waals surface area contributed by atoms with Crippen molar-refractivity contribution in [1.82, 2.24) is 19.1 Å². The van der Waals surface area contributed by atoms with Gasteiger partial charge < -0.3 is 4.57 Å². The molecule has 0 N–H and O–H groups in total. The van der Waals surface area contributed by atoms with Crippen molar-refractivity contribution in [2.24, 2.45) is 0 Å². The summed E-state index contributed by atoms with van der Waals surface area (Å²) in [6.07, 6.45) is 3.60. The molecule has 0 saturated carbocycles. The molecular formula is C37H28N4. The van der Waals surface area contributed by atoms with Crippen molar-refractivity contribution >= 4 is 44.0 Å². The number of benzene rings is 4. The second-order valence-electron chi connectivity index (χ2n) is 9.94. The van der Waals surface area contributed by atoms with E-state index in [0.29, 0.717) is 0 Å². The highest BCUT2D eigenvalue weighted by molar-refractivity contribution is 6.15. The molecule has 0 aliphatic rings. The lowest BCUT2D eigenvalue weighted by molar-refractivity contribution is 1.14. The number of rotatable bonds is 3. The molecule has 0 spiro atoms. The molecule has 0 fully saturated rings. The fraction of sp³-hybridized carbons (Fsp3) is 0.0270. The van der Waals surface area contributed by atoms with E-state index in [1.165, 1.54) is 16.5 Å². The maximum Gasteiger partial charge on any atom is 0.146 e. The summed E-state index contributed by atoms with van der Waals surface area (Å²) in [5.74, 6) is 0. The van der Waals surface area contributed by atoms with Crippen molar-refractivity contribution in [2.75, 3.05) is 0 Å². The Morgan fingerprint density at radius 1 is 0.561 bits per heavy atom. The molecule has 41 heavy (non-hydrogen) atoms. The molecule has 0 atom stereocenters. The number of hydrogen-bond acceptors (Lipinski definition) is 2. The van der Waals surface area contributed by atoms with Gasteiger partial charge in [-0.25, -0.2) is 4.98 Å². The Kier molecular flexibility index (Phi) is 6.14. The molecular weight excluding hydrogens is 500 g/mol. The highest BCUT2D eigenvalue weighted by Crippen LogP contribution is 2.37. The fourth-order valence-corrected chi connectivity index (χ4v) is 5.66. The van der Waals surface area contributed by atoms with E-state index in [9.17, 15) is 0 Å². The van der Waals surface area contributed by atoms with Crippen LogP contribution >= 0.6 is 0 Å². The molecule has 4 aromatic heterocycles. The van der Waals surface area contributed by atoms with E-state index < -0.39 is 0 Å². The summed E-state index contributed by atoms with van der Waals surface area (Å²) in [5.41, 5.74) is 10.6. The van der Waals surface area contributed by atoms with Gasteiger partial charge >= 0.3 is 0 Å². The van der Waals surface area contributed by atoms with Crippen LogP contribution in [-0.4, -0.2) is 19.1 Å². The predicted octanol–water partition coefficient (Wildman–Crippen LogP) is 9.53. The van der Waals surface area contributed by atoms with Crippen molar-refractivity contribution in [3.63, 3.8) is 0 Å². The number of aromatic nitrogens is 4. The monoisotopic (exact) mass is 528 g/mol. The number of fused-ring (bicyclic) bond motifs is 6. The van der Waals surface area contributed by atoms with Gasteiger partial charge in [-0.3, -0.25) is 9.55 Å². The first kappa shape index (κ1) is 24.6. The Bertz CT molecular complexity index is 2150. The van der Waals surface area contributed by atoms with Crippen LogP contribution in [0.25, 0.3) is 66.5 Å². The molecule has 8 aromatic rings. The Morgan fingerprint density at radius 2 is 1.17 bits per heavy atom. The first-order valence-electron chi connectivity index (χ1n) is 13.8. The Labute approximate surface area is 238 Å². The topological polar surface area (TPSA) is 35.6 Å². The molecule has 4 heterocycles. The molecule has 196 valence electrons. The highest BCUT2D eigenvalue weighted by atomic mass is 15.1. The Morgan fingerprint density at radius 3 is 1.93 bits per heavy atom. The van der Waals surface area contributed by atoms with Gasteiger partial charge in [-0.2, -0.15) is 0 Å². The summed E-state index contributed by atoms with van der Waals surface area (Å²) in [5, 5.41) is 2.31. The molecule has 0 aliphatic heterocycles. The van der Waals surface area contributed by atoms with E-state index in [0.717, 1.165) is 50.0 Å². The SMILES string of the molecule is C=CC.c1ccc(-c2ccc(-n3c4cccnc4c4nc5c(cc43)c3ccccc3n5-c3ccccc3)cc2)cc1. The van der Waals surface area contributed by atoms with E-state index in [1.54, 1.807) is 6.08 Å². The molecule has 0 bridgehead atoms. The largest absolute Gasteiger partial charge is 0.306 e. The number of hydrogen-bond donors (Lipinski definition) is 0. The van der Waals surface area contributed by atoms with Crippen LogP contribution < -0.4 is 0 Å². The fourth-order valence-electron chi connectivity index (χ4n) is 5.66. The quantitative estimate of drug-likeness (QED) is 0.214. The smallest absolute Gasteiger partial charge is 0.146 e. The lowest BCUT2D eigenvalue weighted by Crippen LogP contribution is -1.96. The zero-order chi connectivity index (χ0) is 27.8. The number of allylic oxidation sites excluding steroid dienone is 1. The second kappa shape index (κ2) is 10.2. The Balaban J connectivity index is 0.000000884. The average molecular weight is 529 g/mol. The van der Waals surface area contributed by atoms with E-state index >= 15 is 0 Å². The standard InChI is InChI=1S/C34H22N4.C3H6/c1-3-10-23(11-4-1)24-17-19-26(20-18-24)37-30-16-9-21-35-32(30)33-31(37)22-28-27-14-7-8-15-29(27)38(34(28)36-33)25-12-5-2-6-13-25;1-3-2/h1-22H;3H,1H2,2H3. The first-order chi connectivity index (χ1) is 20.3. The van der Waals surface area contributed by atoms with Crippen LogP contribution in [0, 0.1) is 0 Å². The van der Waals surface area contributed by atoms with Crippen molar-refractivity contribution < 1.29 is 0 Å². The molecule has 4 aromatic carbocycles. The molecule has 0 radical (unpaired) electrons. The maximum atomic E-state index is 5.31. The highest BCUT2D eigenvalue weighted by Gasteiger charge is 2.20. The van der Waals surface area contributed by atoms with Gasteiger partial charge in [-0.15, -0.1) is 6.58 Å². The minimum Gasteiger partial charge on any atom is -0.306 e. The normalized spacial score (nSPS) is 11.1. The van der Waals surface area contributed by atoms with Gasteiger partial charge in [0.15, 0.2) is 0 Å². The second-order valence-corrected chi connectivity index (χ2v) is 9.94. The molecule has 8 rings (SSSR count). The van der Waals surface area contributed by atoms with Gasteiger partial charge in [0.25, 0.3) is 0 Å². The van der Waals surface area contributed by atoms with Gasteiger partial charge in [-0.1, -0.05) is 84.9 Å². The van der Waals surface area contributed by atoms with Crippen LogP contribution in [0.5, 0.6) is 0 Å². The molecule has 4 nitrogen and oxygen atoms in total. The summed E-state index contributed by atoms with van der Waals surface area (Å²) < 4.78 is 4.54. The van der Waals surface area contributed by atoms with Crippen LogP contribution in [-0.2, 0) is 0 Å². The zero-order valence-electron chi connectivity index (χ0n) is 22.8. The van der Waals surface area contributed by atoms with Crippen molar-refractivity contribution in [3.8, 4) is 22.5 Å². The van der Waals surface area contributed by atoms with Gasteiger partial charge in [-0.05, 0) is 66.6 Å². The summed E-state index contributed by atoms with van der Waals surface area (Å²) in [6.45, 7) is 5.25. The number of nitrogens with zero attached hydrogens (tertiary/aromatic N) is 4. The van der Waals surface area contributed by atoms with Crippen LogP contribution in [0.1, 0.15) is 6.92 Å². The minimum absolute atomic E-state index is 0.903. The minimum atomic E-state index is 0.903. The third-order valence-corrected chi connectivity index (χ3v) is 7.37. The van der Waals surface area contributed by atoms with E-state index in [1.807, 2.05) is 31.3 Å². The molecule has 0 unspecified atom stereocenters. The van der Waals surface area contributed by atoms with Gasteiger partial charge in [0.05, 0.1) is 16.6 Å². The van der Waals surface area contributed by atoms with E-state index in [-0.39, 0.29) is 0 Å². The lowest BCUT2D eigenvalue weighted by atomic mass is 10.1. The lowest BCUT2D eigenvalue weighted by Gasteiger charge is -2.09. The van der Waals surface area contributed by atoms with Gasteiger partial charge in [0, 0.05) is 28.3 Å². The first-order valence-corrected chi connectivity index (χ1v) is 13.8. The molecule has 4 heteroatoms. The molecule has 0 amide bonds. The summed E-state index contributed by atoms with van der Waals surface area (Å²) in [6, 6.07) is 44.6.